The van der Waals surface area contributed by atoms with E-state index < -0.39 is 103 Å². The molecule has 2 saturated carbocycles. The number of carboxylic acid groups (broad SMARTS) is 1. The maximum absolute atomic E-state index is 14.4. The predicted molar refractivity (Wildman–Crippen MR) is 453 cm³/mol. The molecule has 1 spiro atoms. The average Bonchev–Trinajstić information content (AvgIpc) is 1.58. The molecule has 4 aromatic carbocycles. The summed E-state index contributed by atoms with van der Waals surface area (Å²) in [6.07, 6.45) is 9.90. The lowest BCUT2D eigenvalue weighted by Crippen LogP contribution is -2.56. The number of ether oxygens (including phenoxy) is 4. The highest BCUT2D eigenvalue weighted by Crippen LogP contribution is 2.47. The zero-order valence-corrected chi connectivity index (χ0v) is 70.3. The molecule has 8 aromatic rings. The van der Waals surface area contributed by atoms with Crippen molar-refractivity contribution in [2.75, 3.05) is 48.6 Å². The molecule has 5 aliphatic rings. The van der Waals surface area contributed by atoms with Crippen LogP contribution in [0.15, 0.2) is 143 Å². The van der Waals surface area contributed by atoms with Gasteiger partial charge in [0.25, 0.3) is 31.9 Å². The highest BCUT2D eigenvalue weighted by molar-refractivity contribution is 7.90. The molecule has 0 unspecified atom stereocenters. The quantitative estimate of drug-likeness (QED) is 0.0161. The van der Waals surface area contributed by atoms with E-state index >= 15 is 0 Å². The van der Waals surface area contributed by atoms with Crippen LogP contribution in [-0.4, -0.2) is 169 Å². The molecule has 7 heterocycles. The number of methoxy groups -OCH3 is 2. The Labute approximate surface area is 698 Å². The normalized spacial score (nSPS) is 21.9. The Morgan fingerprint density at radius 3 is 1.87 bits per heavy atom. The van der Waals surface area contributed by atoms with E-state index in [2.05, 4.69) is 59.8 Å². The Kier molecular flexibility index (Phi) is 28.0. The summed E-state index contributed by atoms with van der Waals surface area (Å²) < 4.78 is 83.2. The van der Waals surface area contributed by atoms with Gasteiger partial charge >= 0.3 is 5.97 Å². The fourth-order valence-electron chi connectivity index (χ4n) is 14.8. The van der Waals surface area contributed by atoms with Gasteiger partial charge in [-0.25, -0.2) is 46.2 Å². The third-order valence-electron chi connectivity index (χ3n) is 21.2. The van der Waals surface area contributed by atoms with Crippen molar-refractivity contribution >= 4 is 133 Å². The number of aromatic nitrogens is 4. The third-order valence-corrected chi connectivity index (χ3v) is 25.6. The molecule has 8 atom stereocenters. The number of para-hydroxylation sites is 2. The molecule has 3 aliphatic heterocycles. The van der Waals surface area contributed by atoms with E-state index in [9.17, 15) is 55.2 Å². The van der Waals surface area contributed by atoms with Crippen LogP contribution in [0.3, 0.4) is 0 Å². The van der Waals surface area contributed by atoms with Gasteiger partial charge in [0.15, 0.2) is 10.3 Å². The van der Waals surface area contributed by atoms with Crippen molar-refractivity contribution in [3.8, 4) is 45.8 Å². The number of hydrogen-bond acceptors (Lipinski definition) is 25. The maximum Gasteiger partial charge on any atom is 0.303 e. The van der Waals surface area contributed by atoms with Gasteiger partial charge in [-0.15, -0.1) is 35.8 Å². The van der Waals surface area contributed by atoms with E-state index in [1.807, 2.05) is 68.8 Å². The highest BCUT2D eigenvalue weighted by atomic mass is 32.2. The first-order valence-corrected chi connectivity index (χ1v) is 44.6. The molecule has 10 N–H and O–H groups in total. The van der Waals surface area contributed by atoms with Crippen molar-refractivity contribution in [1.29, 1.82) is 0 Å². The molecule has 7 amide bonds. The van der Waals surface area contributed by atoms with Gasteiger partial charge in [-0.2, -0.15) is 0 Å². The molecule has 0 radical (unpaired) electrons. The van der Waals surface area contributed by atoms with Crippen molar-refractivity contribution in [2.45, 2.75) is 201 Å². The summed E-state index contributed by atoms with van der Waals surface area (Å²) in [7, 11) is -5.86. The van der Waals surface area contributed by atoms with Crippen molar-refractivity contribution in [3.63, 3.8) is 0 Å². The first-order valence-electron chi connectivity index (χ1n) is 39.8. The van der Waals surface area contributed by atoms with Crippen LogP contribution in [0.1, 0.15) is 143 Å². The number of nitrogens with zero attached hydrogens (tertiary/aromatic N) is 5. The number of rotatable bonds is 28. The van der Waals surface area contributed by atoms with Crippen molar-refractivity contribution < 1.29 is 79.2 Å². The van der Waals surface area contributed by atoms with Gasteiger partial charge in [0.2, 0.25) is 29.5 Å². The van der Waals surface area contributed by atoms with Gasteiger partial charge in [0.1, 0.15) is 73.5 Å². The van der Waals surface area contributed by atoms with Crippen LogP contribution in [0.4, 0.5) is 21.6 Å². The topological polar surface area (TPSA) is 425 Å². The van der Waals surface area contributed by atoms with Gasteiger partial charge in [0.05, 0.1) is 60.6 Å². The van der Waals surface area contributed by atoms with Gasteiger partial charge in [-0.3, -0.25) is 38.4 Å². The van der Waals surface area contributed by atoms with E-state index in [1.54, 1.807) is 44.6 Å². The predicted octanol–water partition coefficient (Wildman–Crippen LogP) is 11.4. The molecule has 31 nitrogen and oxygen atoms in total. The fraction of sp³-hybridized carbons (Fsp3) is 0.429. The van der Waals surface area contributed by atoms with Crippen LogP contribution in [0.25, 0.3) is 44.6 Å². The maximum atomic E-state index is 14.4. The minimum absolute atomic E-state index is 0.00677. The third kappa shape index (κ3) is 21.5. The highest BCUT2D eigenvalue weighted by Gasteiger charge is 2.63. The second-order valence-electron chi connectivity index (χ2n) is 30.8. The van der Waals surface area contributed by atoms with Crippen LogP contribution in [-0.2, 0) is 58.4 Å². The summed E-state index contributed by atoms with van der Waals surface area (Å²) in [5.74, 6) is -3.64. The Morgan fingerprint density at radius 1 is 0.689 bits per heavy atom. The number of fused-ring (bicyclic) bond motifs is 4. The molecule has 35 heteroatoms. The summed E-state index contributed by atoms with van der Waals surface area (Å²) in [6, 6.07) is 24.8. The lowest BCUT2D eigenvalue weighted by Gasteiger charge is -2.26. The van der Waals surface area contributed by atoms with E-state index in [0.717, 1.165) is 54.2 Å². The number of unbranched alkanes of at least 4 members (excludes halogenated alkanes) is 4. The number of amides is 7. The van der Waals surface area contributed by atoms with Gasteiger partial charge in [0, 0.05) is 115 Å². The molecule has 0 bridgehead atoms. The van der Waals surface area contributed by atoms with Crippen molar-refractivity contribution in [3.05, 3.63) is 133 Å². The molecule has 119 heavy (non-hydrogen) atoms. The average molecular weight is 1710 g/mol. The first-order chi connectivity index (χ1) is 57.0. The largest absolute Gasteiger partial charge is 0.497 e. The van der Waals surface area contributed by atoms with Crippen LogP contribution >= 0.6 is 22.7 Å². The number of carbonyl (C=O) groups excluding carboxylic acids is 7. The van der Waals surface area contributed by atoms with Crippen LogP contribution in [0.5, 0.6) is 23.0 Å². The smallest absolute Gasteiger partial charge is 0.303 e. The number of carboxylic acids is 1. The molecule has 2 saturated heterocycles. The summed E-state index contributed by atoms with van der Waals surface area (Å²) in [4.78, 5) is 126. The van der Waals surface area contributed by atoms with Crippen molar-refractivity contribution in [2.24, 2.45) is 11.8 Å². The van der Waals surface area contributed by atoms with E-state index in [1.165, 1.54) is 76.1 Å². The molecule has 13 rings (SSSR count). The number of hydrogen-bond donors (Lipinski definition) is 10. The standard InChI is InChI=1S/C42H51N7O9S2.C42H49N7O8S2/c1-5-26-22-42(26,40(54)49-60(55,56)36-14-12-11-13-30(36)46-37(50)15-9-7-6-8-10-16-38(51)52)48-39(53)33-20-28(23-43-33)58-35-21-32(34-24-59-41(47-34)44-25(2)3)45-31-19-27(57-4)17-18-29(31)35;1-5-26-22-42(26)40(53)48-59(54,55)36-14-12-11-13-30(36)45-37(50)15-9-7-6-8-10-16-38(51)49-23-28(20-34(49)39(52)47-42)57-35-21-32(33-24-58-41(46-33)43-25(2)3)44-31-19-27(56-4)17-18-29(31)35/h5,11-14,17-19,21,24-26,28,33,43H,1,6-10,15-16,20,22-23H2,2-4H3,(H,44,47)(H,46,50)(H,48,53)(H,49,54)(H,51,52);5,11-14,17-19,21,24-26,28,34H,1,6-10,15-16,20,22-23H2,2-4H3,(H,43,46)(H,45,50)(H,47,52)(H,48,53)/t26-,28-,33+,42-;26-,28-,34+,42-/m11/s1. The minimum atomic E-state index is -4.51. The SMILES string of the molecule is C=C[C@@H]1C[C@@]12NC(=O)[C@@H]1C[C@@H](Oc3cc(-c4csc(NC(C)C)n4)nc4cc(OC)ccc34)CN1C(=O)CCCCCCCC(=O)Nc1ccccc1S(=O)(=O)NC2=O.C=C[C@@H]1C[C@]1(NC(=O)[C@@H]1C[C@@H](Oc2cc(-c3csc(NC(C)C)n3)nc3cc(OC)ccc23)CN1)C(=O)NS(=O)(=O)c1ccccc1NC(=O)CCCCCCCC(=O)O. The Balaban J connectivity index is 0.000000219. The lowest BCUT2D eigenvalue weighted by molar-refractivity contribution is -0.139. The zero-order chi connectivity index (χ0) is 84.9. The Hall–Kier alpha value is -11.1. The lowest BCUT2D eigenvalue weighted by atomic mass is 10.1. The molecular weight excluding hydrogens is 1610 g/mol. The number of nitrogens with one attached hydrogen (secondary N) is 9. The summed E-state index contributed by atoms with van der Waals surface area (Å²) in [5, 5.41) is 36.3. The van der Waals surface area contributed by atoms with E-state index in [4.69, 9.17) is 44.0 Å². The number of sulfonamides is 2. The second kappa shape index (κ2) is 38.3. The number of benzene rings is 4. The molecule has 4 aromatic heterocycles. The zero-order valence-electron chi connectivity index (χ0n) is 67.1. The van der Waals surface area contributed by atoms with Gasteiger partial charge < -0.3 is 66.2 Å². The Morgan fingerprint density at radius 2 is 1.27 bits per heavy atom. The van der Waals surface area contributed by atoms with E-state index in [-0.39, 0.29) is 103 Å². The summed E-state index contributed by atoms with van der Waals surface area (Å²) in [5.41, 5.74) is 0.604. The van der Waals surface area contributed by atoms with Crippen molar-refractivity contribution in [1.82, 2.24) is 50.2 Å². The number of pyridine rings is 2. The number of aliphatic carboxylic acids is 1. The van der Waals surface area contributed by atoms with Gasteiger partial charge in [-0.05, 0) is 115 Å². The molecule has 632 valence electrons. The van der Waals surface area contributed by atoms with Gasteiger partial charge in [-0.1, -0.05) is 74.9 Å². The first kappa shape index (κ1) is 87.2. The molecular formula is C84H100N14O17S4. The Bertz CT molecular complexity index is 5390. The fourth-order valence-corrected chi connectivity index (χ4v) is 18.9. The van der Waals surface area contributed by atoms with Crippen LogP contribution < -0.4 is 65.6 Å². The summed E-state index contributed by atoms with van der Waals surface area (Å²) in [6.45, 7) is 16.1. The minimum Gasteiger partial charge on any atom is -0.497 e. The number of carbonyl (C=O) groups is 8. The summed E-state index contributed by atoms with van der Waals surface area (Å²) >= 11 is 2.93. The monoisotopic (exact) mass is 1700 g/mol. The molecule has 4 fully saturated rings. The second-order valence-corrected chi connectivity index (χ2v) is 35.8. The van der Waals surface area contributed by atoms with Crippen LogP contribution in [0.2, 0.25) is 0 Å². The van der Waals surface area contributed by atoms with Crippen LogP contribution in [0, 0.1) is 11.8 Å². The number of anilines is 4. The molecule has 2 aliphatic carbocycles. The van der Waals surface area contributed by atoms with E-state index in [0.29, 0.717) is 94.4 Å². The number of thiazole rings is 2.